The molecule has 1 amide bonds. The third-order valence-electron chi connectivity index (χ3n) is 4.41. The Morgan fingerprint density at radius 3 is 2.90 bits per heavy atom. The molecule has 4 rings (SSSR count). The lowest BCUT2D eigenvalue weighted by Crippen LogP contribution is -2.26. The summed E-state index contributed by atoms with van der Waals surface area (Å²) < 4.78 is 10.7. The Balaban J connectivity index is 1.17. The Kier molecular flexibility index (Phi) is 6.21. The molecule has 8 heteroatoms. The van der Waals surface area contributed by atoms with E-state index in [1.165, 1.54) is 11.3 Å². The smallest absolute Gasteiger partial charge is 0.231 e. The first-order valence-corrected chi connectivity index (χ1v) is 10.4. The largest absolute Gasteiger partial charge is 0.454 e. The third kappa shape index (κ3) is 5.23. The number of anilines is 1. The SMILES string of the molecule is O=C(Cc1csc(-c2ccc3c(c2)OCO3)n1)NCCCCNc1ccccn1. The molecule has 0 saturated carbocycles. The molecule has 3 heterocycles. The van der Waals surface area contributed by atoms with Crippen molar-refractivity contribution in [2.24, 2.45) is 0 Å². The number of amides is 1. The lowest BCUT2D eigenvalue weighted by Gasteiger charge is -2.06. The highest BCUT2D eigenvalue weighted by atomic mass is 32.1. The number of fused-ring (bicyclic) bond motifs is 1. The van der Waals surface area contributed by atoms with E-state index in [-0.39, 0.29) is 19.1 Å². The van der Waals surface area contributed by atoms with Crippen LogP contribution in [0, 0.1) is 0 Å². The van der Waals surface area contributed by atoms with Crippen LogP contribution in [0.5, 0.6) is 11.5 Å². The molecule has 150 valence electrons. The van der Waals surface area contributed by atoms with Crippen molar-refractivity contribution in [1.29, 1.82) is 0 Å². The van der Waals surface area contributed by atoms with Crippen LogP contribution in [0.25, 0.3) is 10.6 Å². The summed E-state index contributed by atoms with van der Waals surface area (Å²) >= 11 is 1.52. The van der Waals surface area contributed by atoms with Gasteiger partial charge in [-0.15, -0.1) is 11.3 Å². The van der Waals surface area contributed by atoms with Gasteiger partial charge in [0.05, 0.1) is 12.1 Å². The second-order valence-corrected chi connectivity index (χ2v) is 7.45. The topological polar surface area (TPSA) is 85.4 Å². The van der Waals surface area contributed by atoms with Crippen LogP contribution in [-0.2, 0) is 11.2 Å². The van der Waals surface area contributed by atoms with E-state index in [4.69, 9.17) is 9.47 Å². The van der Waals surface area contributed by atoms with Gasteiger partial charge >= 0.3 is 0 Å². The second kappa shape index (κ2) is 9.38. The molecule has 1 aliphatic heterocycles. The number of unbranched alkanes of at least 4 members (excludes halogenated alkanes) is 1. The average Bonchev–Trinajstić information content (AvgIpc) is 3.40. The molecule has 3 aromatic rings. The fourth-order valence-corrected chi connectivity index (χ4v) is 3.76. The zero-order valence-corrected chi connectivity index (χ0v) is 16.7. The molecular formula is C21H22N4O3S. The number of carbonyl (C=O) groups excluding carboxylic acids is 1. The zero-order chi connectivity index (χ0) is 19.9. The quantitative estimate of drug-likeness (QED) is 0.525. The zero-order valence-electron chi connectivity index (χ0n) is 15.9. The van der Waals surface area contributed by atoms with E-state index >= 15 is 0 Å². The van der Waals surface area contributed by atoms with Crippen LogP contribution in [-0.4, -0.2) is 35.8 Å². The van der Waals surface area contributed by atoms with Gasteiger partial charge in [0.2, 0.25) is 12.7 Å². The number of nitrogens with zero attached hydrogens (tertiary/aromatic N) is 2. The van der Waals surface area contributed by atoms with E-state index in [0.29, 0.717) is 6.54 Å². The maximum atomic E-state index is 12.2. The average molecular weight is 410 g/mol. The van der Waals surface area contributed by atoms with E-state index in [0.717, 1.165) is 53.0 Å². The van der Waals surface area contributed by atoms with Crippen molar-refractivity contribution in [2.75, 3.05) is 25.2 Å². The Morgan fingerprint density at radius 1 is 1.10 bits per heavy atom. The van der Waals surface area contributed by atoms with Gasteiger partial charge in [0, 0.05) is 30.2 Å². The number of hydrogen-bond donors (Lipinski definition) is 2. The van der Waals surface area contributed by atoms with E-state index in [2.05, 4.69) is 20.6 Å². The number of aromatic nitrogens is 2. The number of pyridine rings is 1. The minimum Gasteiger partial charge on any atom is -0.454 e. The number of carbonyl (C=O) groups is 1. The summed E-state index contributed by atoms with van der Waals surface area (Å²) in [6, 6.07) is 11.5. The molecule has 29 heavy (non-hydrogen) atoms. The fourth-order valence-electron chi connectivity index (χ4n) is 2.94. The number of hydrogen-bond acceptors (Lipinski definition) is 7. The number of nitrogens with one attached hydrogen (secondary N) is 2. The summed E-state index contributed by atoms with van der Waals surface area (Å²) in [7, 11) is 0. The van der Waals surface area contributed by atoms with Gasteiger partial charge in [0.1, 0.15) is 10.8 Å². The number of thiazole rings is 1. The highest BCUT2D eigenvalue weighted by Crippen LogP contribution is 2.36. The normalized spacial score (nSPS) is 12.0. The van der Waals surface area contributed by atoms with Crippen LogP contribution < -0.4 is 20.1 Å². The molecule has 0 unspecified atom stereocenters. The first kappa shape index (κ1) is 19.2. The summed E-state index contributed by atoms with van der Waals surface area (Å²) in [5.74, 6) is 2.35. The number of rotatable bonds is 9. The minimum absolute atomic E-state index is 0.00905. The lowest BCUT2D eigenvalue weighted by atomic mass is 10.2. The van der Waals surface area contributed by atoms with Crippen LogP contribution in [0.1, 0.15) is 18.5 Å². The molecule has 1 aliphatic rings. The summed E-state index contributed by atoms with van der Waals surface area (Å²) in [5, 5.41) is 9.01. The van der Waals surface area contributed by atoms with Crippen LogP contribution in [0.2, 0.25) is 0 Å². The molecule has 0 spiro atoms. The van der Waals surface area contributed by atoms with Gasteiger partial charge in [0.25, 0.3) is 0 Å². The van der Waals surface area contributed by atoms with Crippen molar-refractivity contribution in [2.45, 2.75) is 19.3 Å². The van der Waals surface area contributed by atoms with Gasteiger partial charge < -0.3 is 20.1 Å². The minimum atomic E-state index is -0.00905. The highest BCUT2D eigenvalue weighted by molar-refractivity contribution is 7.13. The van der Waals surface area contributed by atoms with Crippen LogP contribution in [0.3, 0.4) is 0 Å². The second-order valence-electron chi connectivity index (χ2n) is 6.59. The van der Waals surface area contributed by atoms with Crippen molar-refractivity contribution in [3.8, 4) is 22.1 Å². The molecule has 0 radical (unpaired) electrons. The summed E-state index contributed by atoms with van der Waals surface area (Å²) in [6.07, 6.45) is 3.92. The third-order valence-corrected chi connectivity index (χ3v) is 5.35. The predicted molar refractivity (Wildman–Crippen MR) is 112 cm³/mol. The Hall–Kier alpha value is -3.13. The lowest BCUT2D eigenvalue weighted by molar-refractivity contribution is -0.120. The highest BCUT2D eigenvalue weighted by Gasteiger charge is 2.15. The van der Waals surface area contributed by atoms with E-state index in [1.807, 2.05) is 41.8 Å². The molecule has 0 saturated heterocycles. The van der Waals surface area contributed by atoms with E-state index in [9.17, 15) is 4.79 Å². The molecule has 1 aromatic carbocycles. The Labute approximate surface area is 173 Å². The van der Waals surface area contributed by atoms with Crippen LogP contribution in [0.4, 0.5) is 5.82 Å². The van der Waals surface area contributed by atoms with E-state index < -0.39 is 0 Å². The van der Waals surface area contributed by atoms with Crippen molar-refractivity contribution in [3.05, 3.63) is 53.7 Å². The Bertz CT molecular complexity index is 962. The monoisotopic (exact) mass is 410 g/mol. The van der Waals surface area contributed by atoms with Crippen molar-refractivity contribution < 1.29 is 14.3 Å². The first-order chi connectivity index (χ1) is 14.3. The van der Waals surface area contributed by atoms with Crippen LogP contribution in [0.15, 0.2) is 48.0 Å². The van der Waals surface area contributed by atoms with Gasteiger partial charge in [-0.3, -0.25) is 4.79 Å². The maximum Gasteiger partial charge on any atom is 0.231 e. The summed E-state index contributed by atoms with van der Waals surface area (Å²) in [4.78, 5) is 21.0. The molecule has 0 atom stereocenters. The maximum absolute atomic E-state index is 12.2. The van der Waals surface area contributed by atoms with E-state index in [1.54, 1.807) is 6.20 Å². The summed E-state index contributed by atoms with van der Waals surface area (Å²) in [6.45, 7) is 1.74. The standard InChI is InChI=1S/C21H22N4O3S/c26-20(24-10-4-3-9-23-19-5-1-2-8-22-19)12-16-13-29-21(25-16)15-6-7-17-18(11-15)28-14-27-17/h1-2,5-8,11,13H,3-4,9-10,12,14H2,(H,22,23)(H,24,26). The number of ether oxygens (including phenoxy) is 2. The molecule has 7 nitrogen and oxygen atoms in total. The van der Waals surface area contributed by atoms with Gasteiger partial charge in [-0.25, -0.2) is 9.97 Å². The van der Waals surface area contributed by atoms with Crippen molar-refractivity contribution in [1.82, 2.24) is 15.3 Å². The Morgan fingerprint density at radius 2 is 2.00 bits per heavy atom. The van der Waals surface area contributed by atoms with Gasteiger partial charge in [-0.2, -0.15) is 0 Å². The molecular weight excluding hydrogens is 388 g/mol. The first-order valence-electron chi connectivity index (χ1n) is 9.54. The molecule has 0 fully saturated rings. The molecule has 2 aromatic heterocycles. The fraction of sp³-hybridized carbons (Fsp3) is 0.286. The van der Waals surface area contributed by atoms with Gasteiger partial charge in [0.15, 0.2) is 11.5 Å². The van der Waals surface area contributed by atoms with Crippen LogP contribution >= 0.6 is 11.3 Å². The van der Waals surface area contributed by atoms with Gasteiger partial charge in [-0.1, -0.05) is 6.07 Å². The molecule has 0 aliphatic carbocycles. The predicted octanol–water partition coefficient (Wildman–Crippen LogP) is 3.48. The molecule has 2 N–H and O–H groups in total. The van der Waals surface area contributed by atoms with Crippen molar-refractivity contribution in [3.63, 3.8) is 0 Å². The number of benzene rings is 1. The summed E-state index contributed by atoms with van der Waals surface area (Å²) in [5.41, 5.74) is 1.74. The van der Waals surface area contributed by atoms with Crippen molar-refractivity contribution >= 4 is 23.1 Å². The van der Waals surface area contributed by atoms with Gasteiger partial charge in [-0.05, 0) is 43.2 Å². The molecule has 0 bridgehead atoms.